The highest BCUT2D eigenvalue weighted by molar-refractivity contribution is 7.15. The molecule has 1 aliphatic rings. The van der Waals surface area contributed by atoms with Crippen LogP contribution >= 0.6 is 11.3 Å². The monoisotopic (exact) mass is 334 g/mol. The number of hydrogen-bond donors (Lipinski definition) is 2. The summed E-state index contributed by atoms with van der Waals surface area (Å²) in [6.45, 7) is 3.87. The quantitative estimate of drug-likeness (QED) is 0.867. The van der Waals surface area contributed by atoms with Gasteiger partial charge in [-0.2, -0.15) is 0 Å². The highest BCUT2D eigenvalue weighted by atomic mass is 32.1. The van der Waals surface area contributed by atoms with Crippen molar-refractivity contribution in [3.63, 3.8) is 0 Å². The molecule has 0 aliphatic heterocycles. The Bertz CT molecular complexity index is 714. The van der Waals surface area contributed by atoms with Crippen LogP contribution in [0.15, 0.2) is 6.20 Å². The zero-order valence-corrected chi connectivity index (χ0v) is 13.8. The number of carbonyl (C=O) groups is 2. The Balaban J connectivity index is 1.53. The molecule has 0 spiro atoms. The van der Waals surface area contributed by atoms with Gasteiger partial charge in [-0.3, -0.25) is 9.59 Å². The normalized spacial score (nSPS) is 14.3. The molecule has 8 nitrogen and oxygen atoms in total. The van der Waals surface area contributed by atoms with Gasteiger partial charge in [0.05, 0.1) is 11.9 Å². The van der Waals surface area contributed by atoms with Crippen molar-refractivity contribution < 1.29 is 9.59 Å². The van der Waals surface area contributed by atoms with E-state index in [1.54, 1.807) is 6.20 Å². The van der Waals surface area contributed by atoms with Gasteiger partial charge in [-0.15, -0.1) is 16.4 Å². The Morgan fingerprint density at radius 2 is 2.13 bits per heavy atom. The minimum atomic E-state index is -0.236. The second kappa shape index (κ2) is 6.45. The van der Waals surface area contributed by atoms with Gasteiger partial charge in [0.1, 0.15) is 6.54 Å². The maximum absolute atomic E-state index is 12.0. The van der Waals surface area contributed by atoms with Crippen molar-refractivity contribution in [1.82, 2.24) is 20.0 Å². The number of aryl methyl sites for hydroxylation is 2. The van der Waals surface area contributed by atoms with Crippen LogP contribution in [0.1, 0.15) is 29.8 Å². The third-order valence-corrected chi connectivity index (χ3v) is 4.83. The van der Waals surface area contributed by atoms with Crippen molar-refractivity contribution in [1.29, 1.82) is 0 Å². The van der Waals surface area contributed by atoms with Crippen LogP contribution in [-0.2, 0) is 16.1 Å². The molecular weight excluding hydrogens is 316 g/mol. The van der Waals surface area contributed by atoms with Crippen LogP contribution in [0.2, 0.25) is 0 Å². The van der Waals surface area contributed by atoms with Crippen molar-refractivity contribution in [3.05, 3.63) is 16.8 Å². The van der Waals surface area contributed by atoms with Gasteiger partial charge >= 0.3 is 0 Å². The highest BCUT2D eigenvalue weighted by Crippen LogP contribution is 2.27. The number of rotatable bonds is 5. The molecule has 0 saturated heterocycles. The van der Waals surface area contributed by atoms with Gasteiger partial charge in [0, 0.05) is 10.8 Å². The van der Waals surface area contributed by atoms with Crippen LogP contribution in [-0.4, -0.2) is 31.8 Å². The van der Waals surface area contributed by atoms with Crippen LogP contribution in [0.3, 0.4) is 0 Å². The molecule has 0 bridgehead atoms. The van der Waals surface area contributed by atoms with E-state index in [0.717, 1.165) is 29.8 Å². The summed E-state index contributed by atoms with van der Waals surface area (Å²) in [6.07, 6.45) is 4.50. The number of carbonyl (C=O) groups excluding carboxylic acids is 2. The molecule has 1 saturated carbocycles. The topological polar surface area (TPSA) is 102 Å². The number of aromatic nitrogens is 4. The Morgan fingerprint density at radius 1 is 1.35 bits per heavy atom. The van der Waals surface area contributed by atoms with Crippen LogP contribution in [0.5, 0.6) is 0 Å². The second-order valence-corrected chi connectivity index (χ2v) is 6.83. The summed E-state index contributed by atoms with van der Waals surface area (Å²) >= 11 is 1.43. The van der Waals surface area contributed by atoms with Crippen LogP contribution < -0.4 is 10.6 Å². The predicted molar refractivity (Wildman–Crippen MR) is 86.2 cm³/mol. The minimum absolute atomic E-state index is 0.0178. The smallest absolute Gasteiger partial charge is 0.247 e. The maximum atomic E-state index is 12.0. The first-order chi connectivity index (χ1) is 11.0. The highest BCUT2D eigenvalue weighted by Gasteiger charge is 2.25. The van der Waals surface area contributed by atoms with Crippen molar-refractivity contribution >= 4 is 34.1 Å². The van der Waals surface area contributed by atoms with Crippen molar-refractivity contribution in [3.8, 4) is 0 Å². The lowest BCUT2D eigenvalue weighted by atomic mass is 9.85. The average molecular weight is 334 g/mol. The third-order valence-electron chi connectivity index (χ3n) is 3.85. The van der Waals surface area contributed by atoms with Crippen molar-refractivity contribution in [2.75, 3.05) is 10.6 Å². The minimum Gasteiger partial charge on any atom is -0.308 e. The molecule has 0 atom stereocenters. The molecule has 2 amide bonds. The number of nitrogens with one attached hydrogen (secondary N) is 2. The first-order valence-corrected chi connectivity index (χ1v) is 8.28. The number of amides is 2. The van der Waals surface area contributed by atoms with Gasteiger partial charge in [0.25, 0.3) is 0 Å². The van der Waals surface area contributed by atoms with E-state index in [-0.39, 0.29) is 24.3 Å². The zero-order valence-electron chi connectivity index (χ0n) is 13.0. The van der Waals surface area contributed by atoms with Gasteiger partial charge in [0.2, 0.25) is 11.8 Å². The molecule has 0 radical (unpaired) electrons. The summed E-state index contributed by atoms with van der Waals surface area (Å²) in [6, 6.07) is 0. The van der Waals surface area contributed by atoms with Gasteiger partial charge in [-0.05, 0) is 26.7 Å². The lowest BCUT2D eigenvalue weighted by Gasteiger charge is -2.23. The second-order valence-electron chi connectivity index (χ2n) is 5.63. The van der Waals surface area contributed by atoms with Gasteiger partial charge in [-0.25, -0.2) is 9.67 Å². The standard InChI is InChI=1S/C14H18N6O2S/c1-8-9(2)23-14(15-8)17-12(21)7-20-6-11(18-19-20)16-13(22)10-4-3-5-10/h6,10H,3-5,7H2,1-2H3,(H,16,22)(H,15,17,21). The fraction of sp³-hybridized carbons (Fsp3) is 0.500. The first kappa shape index (κ1) is 15.6. The van der Waals surface area contributed by atoms with E-state index in [4.69, 9.17) is 0 Å². The summed E-state index contributed by atoms with van der Waals surface area (Å²) in [4.78, 5) is 29.1. The lowest BCUT2D eigenvalue weighted by molar-refractivity contribution is -0.122. The van der Waals surface area contributed by atoms with Crippen molar-refractivity contribution in [2.45, 2.75) is 39.7 Å². The molecule has 3 rings (SSSR count). The number of thiazole rings is 1. The van der Waals surface area contributed by atoms with E-state index in [2.05, 4.69) is 25.9 Å². The molecule has 1 fully saturated rings. The maximum Gasteiger partial charge on any atom is 0.247 e. The molecule has 1 aliphatic carbocycles. The third kappa shape index (κ3) is 3.73. The number of anilines is 2. The Kier molecular flexibility index (Phi) is 4.37. The lowest BCUT2D eigenvalue weighted by Crippen LogP contribution is -2.28. The van der Waals surface area contributed by atoms with Crippen molar-refractivity contribution in [2.24, 2.45) is 5.92 Å². The molecule has 0 unspecified atom stereocenters. The van der Waals surface area contributed by atoms with E-state index in [9.17, 15) is 9.59 Å². The van der Waals surface area contributed by atoms with E-state index in [1.807, 2.05) is 13.8 Å². The average Bonchev–Trinajstić information content (AvgIpc) is 2.95. The molecule has 122 valence electrons. The summed E-state index contributed by atoms with van der Waals surface area (Å²) in [5, 5.41) is 13.7. The van der Waals surface area contributed by atoms with E-state index < -0.39 is 0 Å². The molecule has 2 N–H and O–H groups in total. The summed E-state index contributed by atoms with van der Waals surface area (Å²) in [7, 11) is 0. The molecule has 2 heterocycles. The fourth-order valence-corrected chi connectivity index (χ4v) is 2.99. The zero-order chi connectivity index (χ0) is 16.4. The van der Waals surface area contributed by atoms with Gasteiger partial charge in [-0.1, -0.05) is 11.6 Å². The van der Waals surface area contributed by atoms with Gasteiger partial charge in [0.15, 0.2) is 10.9 Å². The Labute approximate surface area is 137 Å². The first-order valence-electron chi connectivity index (χ1n) is 7.46. The van der Waals surface area contributed by atoms with Crippen LogP contribution in [0.4, 0.5) is 10.9 Å². The SMILES string of the molecule is Cc1nc(NC(=O)Cn2cc(NC(=O)C3CCC3)nn2)sc1C. The predicted octanol–water partition coefficient (Wildman–Crippen LogP) is 1.73. The van der Waals surface area contributed by atoms with Gasteiger partial charge < -0.3 is 10.6 Å². The molecule has 0 aromatic carbocycles. The molecule has 2 aromatic heterocycles. The van der Waals surface area contributed by atoms with E-state index in [1.165, 1.54) is 16.0 Å². The molecular formula is C14H18N6O2S. The number of nitrogens with zero attached hydrogens (tertiary/aromatic N) is 4. The molecule has 23 heavy (non-hydrogen) atoms. The molecule has 2 aromatic rings. The van der Waals surface area contributed by atoms with E-state index in [0.29, 0.717) is 10.9 Å². The Hall–Kier alpha value is -2.29. The van der Waals surface area contributed by atoms with E-state index >= 15 is 0 Å². The summed E-state index contributed by atoms with van der Waals surface area (Å²) in [5.74, 6) is 0.192. The number of hydrogen-bond acceptors (Lipinski definition) is 6. The molecule has 9 heteroatoms. The fourth-order valence-electron chi connectivity index (χ4n) is 2.16. The summed E-state index contributed by atoms with van der Waals surface area (Å²) < 4.78 is 1.39. The Morgan fingerprint density at radius 3 is 2.74 bits per heavy atom. The largest absolute Gasteiger partial charge is 0.308 e. The van der Waals surface area contributed by atoms with Crippen LogP contribution in [0.25, 0.3) is 0 Å². The summed E-state index contributed by atoms with van der Waals surface area (Å²) in [5.41, 5.74) is 0.909. The van der Waals surface area contributed by atoms with Crippen LogP contribution in [0, 0.1) is 19.8 Å².